The van der Waals surface area contributed by atoms with Crippen molar-refractivity contribution in [3.05, 3.63) is 42.0 Å². The fourth-order valence-electron chi connectivity index (χ4n) is 3.19. The highest BCUT2D eigenvalue weighted by Crippen LogP contribution is 2.28. The van der Waals surface area contributed by atoms with Gasteiger partial charge in [0.05, 0.1) is 11.6 Å². The molecule has 3 rings (SSSR count). The van der Waals surface area contributed by atoms with Crippen molar-refractivity contribution in [1.82, 2.24) is 5.32 Å². The predicted octanol–water partition coefficient (Wildman–Crippen LogP) is 3.51. The normalized spacial score (nSPS) is 19.9. The van der Waals surface area contributed by atoms with Gasteiger partial charge in [-0.25, -0.2) is 0 Å². The summed E-state index contributed by atoms with van der Waals surface area (Å²) in [6.07, 6.45) is 2.53. The summed E-state index contributed by atoms with van der Waals surface area (Å²) >= 11 is 0. The Morgan fingerprint density at radius 2 is 2.05 bits per heavy atom. The average molecular weight is 279 g/mol. The maximum Gasteiger partial charge on any atom is 0.0998 e. The molecule has 0 bridgehead atoms. The number of nitrogens with one attached hydrogen (secondary N) is 2. The SMILES string of the molecule is CC(Nc1ccc(C#N)c2ccccc12)C1CCCNC1. The van der Waals surface area contributed by atoms with Crippen LogP contribution in [-0.4, -0.2) is 19.1 Å². The summed E-state index contributed by atoms with van der Waals surface area (Å²) in [4.78, 5) is 0. The number of rotatable bonds is 3. The molecule has 0 saturated carbocycles. The molecule has 21 heavy (non-hydrogen) atoms. The van der Waals surface area contributed by atoms with Gasteiger partial charge in [0, 0.05) is 22.5 Å². The third-order valence-corrected chi connectivity index (χ3v) is 4.47. The van der Waals surface area contributed by atoms with Gasteiger partial charge in [0.25, 0.3) is 0 Å². The van der Waals surface area contributed by atoms with Crippen LogP contribution < -0.4 is 10.6 Å². The largest absolute Gasteiger partial charge is 0.382 e. The summed E-state index contributed by atoms with van der Waals surface area (Å²) in [6, 6.07) is 14.8. The number of piperidine rings is 1. The van der Waals surface area contributed by atoms with Crippen molar-refractivity contribution in [2.45, 2.75) is 25.8 Å². The molecule has 0 spiro atoms. The molecule has 3 nitrogen and oxygen atoms in total. The lowest BCUT2D eigenvalue weighted by Crippen LogP contribution is -2.38. The van der Waals surface area contributed by atoms with Gasteiger partial charge in [0.2, 0.25) is 0 Å². The molecule has 0 aliphatic carbocycles. The summed E-state index contributed by atoms with van der Waals surface area (Å²) in [5, 5.41) is 18.5. The first-order valence-electron chi connectivity index (χ1n) is 7.68. The third-order valence-electron chi connectivity index (χ3n) is 4.47. The highest BCUT2D eigenvalue weighted by Gasteiger charge is 2.20. The van der Waals surface area contributed by atoms with Gasteiger partial charge in [0.1, 0.15) is 0 Å². The summed E-state index contributed by atoms with van der Waals surface area (Å²) < 4.78 is 0. The van der Waals surface area contributed by atoms with Gasteiger partial charge in [-0.05, 0) is 50.9 Å². The minimum absolute atomic E-state index is 0.425. The Hall–Kier alpha value is -2.05. The van der Waals surface area contributed by atoms with Gasteiger partial charge in [-0.1, -0.05) is 24.3 Å². The fourth-order valence-corrected chi connectivity index (χ4v) is 3.19. The standard InChI is InChI=1S/C18H21N3/c1-13(15-5-4-10-20-12-15)21-18-9-8-14(11-19)16-6-2-3-7-17(16)18/h2-3,6-9,13,15,20-21H,4-5,10,12H2,1H3. The molecule has 0 radical (unpaired) electrons. The van der Waals surface area contributed by atoms with Crippen LogP contribution in [0.4, 0.5) is 5.69 Å². The molecule has 0 aromatic heterocycles. The smallest absolute Gasteiger partial charge is 0.0998 e. The van der Waals surface area contributed by atoms with Crippen LogP contribution in [0.5, 0.6) is 0 Å². The molecule has 3 heteroatoms. The molecular weight excluding hydrogens is 258 g/mol. The summed E-state index contributed by atoms with van der Waals surface area (Å²) in [5.41, 5.74) is 1.87. The number of nitriles is 1. The van der Waals surface area contributed by atoms with Gasteiger partial charge < -0.3 is 10.6 Å². The molecule has 2 atom stereocenters. The van der Waals surface area contributed by atoms with E-state index in [0.717, 1.165) is 35.1 Å². The van der Waals surface area contributed by atoms with E-state index in [1.54, 1.807) is 0 Å². The van der Waals surface area contributed by atoms with Crippen LogP contribution in [0, 0.1) is 17.2 Å². The quantitative estimate of drug-likeness (QED) is 0.904. The molecule has 2 aromatic rings. The first kappa shape index (κ1) is 13.9. The van der Waals surface area contributed by atoms with E-state index < -0.39 is 0 Å². The summed E-state index contributed by atoms with van der Waals surface area (Å²) in [7, 11) is 0. The number of fused-ring (bicyclic) bond motifs is 1. The second kappa shape index (κ2) is 6.15. The van der Waals surface area contributed by atoms with Gasteiger partial charge in [0.15, 0.2) is 0 Å². The van der Waals surface area contributed by atoms with Crippen molar-refractivity contribution >= 4 is 16.5 Å². The zero-order valence-corrected chi connectivity index (χ0v) is 12.4. The molecule has 1 aliphatic heterocycles. The lowest BCUT2D eigenvalue weighted by molar-refractivity contribution is 0.347. The fraction of sp³-hybridized carbons (Fsp3) is 0.389. The Balaban J connectivity index is 1.89. The van der Waals surface area contributed by atoms with Crippen LogP contribution in [0.3, 0.4) is 0 Å². The topological polar surface area (TPSA) is 47.9 Å². The minimum atomic E-state index is 0.425. The number of benzene rings is 2. The highest BCUT2D eigenvalue weighted by atomic mass is 15.0. The zero-order chi connectivity index (χ0) is 14.7. The van der Waals surface area contributed by atoms with Crippen molar-refractivity contribution in [3.8, 4) is 6.07 Å². The maximum absolute atomic E-state index is 9.23. The zero-order valence-electron chi connectivity index (χ0n) is 12.4. The first-order chi connectivity index (χ1) is 10.3. The number of anilines is 1. The lowest BCUT2D eigenvalue weighted by Gasteiger charge is -2.30. The van der Waals surface area contributed by atoms with E-state index in [1.807, 2.05) is 30.3 Å². The van der Waals surface area contributed by atoms with E-state index in [-0.39, 0.29) is 0 Å². The molecule has 1 saturated heterocycles. The molecule has 2 N–H and O–H groups in total. The second-order valence-electron chi connectivity index (χ2n) is 5.86. The Labute approximate surface area is 126 Å². The van der Waals surface area contributed by atoms with Crippen molar-refractivity contribution < 1.29 is 0 Å². The molecule has 2 unspecified atom stereocenters. The van der Waals surface area contributed by atoms with Crippen LogP contribution in [-0.2, 0) is 0 Å². The van der Waals surface area contributed by atoms with Crippen LogP contribution in [0.1, 0.15) is 25.3 Å². The Bertz CT molecular complexity index is 666. The van der Waals surface area contributed by atoms with Gasteiger partial charge in [-0.2, -0.15) is 5.26 Å². The van der Waals surface area contributed by atoms with E-state index in [9.17, 15) is 5.26 Å². The Morgan fingerprint density at radius 1 is 1.24 bits per heavy atom. The van der Waals surface area contributed by atoms with Crippen molar-refractivity contribution in [2.75, 3.05) is 18.4 Å². The van der Waals surface area contributed by atoms with E-state index >= 15 is 0 Å². The highest BCUT2D eigenvalue weighted by molar-refractivity contribution is 5.97. The van der Waals surface area contributed by atoms with Gasteiger partial charge >= 0.3 is 0 Å². The number of nitrogens with zero attached hydrogens (tertiary/aromatic N) is 1. The number of hydrogen-bond acceptors (Lipinski definition) is 3. The van der Waals surface area contributed by atoms with Crippen molar-refractivity contribution in [3.63, 3.8) is 0 Å². The molecular formula is C18H21N3. The molecule has 0 amide bonds. The summed E-state index contributed by atoms with van der Waals surface area (Å²) in [6.45, 7) is 4.48. The molecule has 1 heterocycles. The lowest BCUT2D eigenvalue weighted by atomic mass is 9.92. The average Bonchev–Trinajstić information content (AvgIpc) is 2.56. The molecule has 1 fully saturated rings. The van der Waals surface area contributed by atoms with Gasteiger partial charge in [-0.15, -0.1) is 0 Å². The van der Waals surface area contributed by atoms with Crippen LogP contribution >= 0.6 is 0 Å². The number of hydrogen-bond donors (Lipinski definition) is 2. The monoisotopic (exact) mass is 279 g/mol. The van der Waals surface area contributed by atoms with Gasteiger partial charge in [-0.3, -0.25) is 0 Å². The molecule has 2 aromatic carbocycles. The van der Waals surface area contributed by atoms with Crippen molar-refractivity contribution in [2.24, 2.45) is 5.92 Å². The van der Waals surface area contributed by atoms with E-state index in [2.05, 4.69) is 29.7 Å². The van der Waals surface area contributed by atoms with E-state index in [4.69, 9.17) is 0 Å². The van der Waals surface area contributed by atoms with Crippen LogP contribution in [0.2, 0.25) is 0 Å². The summed E-state index contributed by atoms with van der Waals surface area (Å²) in [5.74, 6) is 0.660. The maximum atomic E-state index is 9.23. The Kier molecular flexibility index (Phi) is 4.08. The first-order valence-corrected chi connectivity index (χ1v) is 7.68. The van der Waals surface area contributed by atoms with Crippen LogP contribution in [0.25, 0.3) is 10.8 Å². The molecule has 1 aliphatic rings. The van der Waals surface area contributed by atoms with E-state index in [1.165, 1.54) is 12.8 Å². The minimum Gasteiger partial charge on any atom is -0.382 e. The van der Waals surface area contributed by atoms with E-state index in [0.29, 0.717) is 12.0 Å². The Morgan fingerprint density at radius 3 is 2.76 bits per heavy atom. The second-order valence-corrected chi connectivity index (χ2v) is 5.86. The molecule has 108 valence electrons. The third kappa shape index (κ3) is 2.86. The predicted molar refractivity (Wildman–Crippen MR) is 87.3 cm³/mol. The van der Waals surface area contributed by atoms with Crippen LogP contribution in [0.15, 0.2) is 36.4 Å². The van der Waals surface area contributed by atoms with Crippen molar-refractivity contribution in [1.29, 1.82) is 5.26 Å².